The van der Waals surface area contributed by atoms with Gasteiger partial charge in [0.1, 0.15) is 5.01 Å². The number of benzene rings is 1. The lowest BCUT2D eigenvalue weighted by atomic mass is 10.1. The Morgan fingerprint density at radius 2 is 2.04 bits per heavy atom. The molecule has 1 aliphatic rings. The third kappa shape index (κ3) is 3.60. The Kier molecular flexibility index (Phi) is 4.75. The van der Waals surface area contributed by atoms with Crippen molar-refractivity contribution in [3.63, 3.8) is 0 Å². The number of nitrogens with one attached hydrogen (secondary N) is 1. The number of piperazine rings is 1. The van der Waals surface area contributed by atoms with Crippen molar-refractivity contribution in [3.8, 4) is 10.6 Å². The van der Waals surface area contributed by atoms with Crippen LogP contribution in [0.5, 0.6) is 0 Å². The second-order valence-electron chi connectivity index (χ2n) is 6.11. The number of carboxylic acid groups (broad SMARTS) is 1. The molecule has 23 heavy (non-hydrogen) atoms. The van der Waals surface area contributed by atoms with Crippen LogP contribution in [0.15, 0.2) is 24.3 Å². The Labute approximate surface area is 140 Å². The van der Waals surface area contributed by atoms with Gasteiger partial charge in [0.05, 0.1) is 36.7 Å². The topological polar surface area (TPSA) is 60.7 Å². The number of carbonyl (C=O) groups is 1. The maximum Gasteiger partial charge on any atom is 0.124 e. The number of rotatable bonds is 4. The van der Waals surface area contributed by atoms with Crippen LogP contribution in [-0.2, 0) is 6.54 Å². The van der Waals surface area contributed by atoms with Crippen LogP contribution in [0.2, 0.25) is 0 Å². The number of nitrogens with zero attached hydrogens (tertiary/aromatic N) is 2. The first-order chi connectivity index (χ1) is 11.0. The molecule has 0 amide bonds. The number of aryl methyl sites for hydroxylation is 1. The lowest BCUT2D eigenvalue weighted by Gasteiger charge is -2.30. The van der Waals surface area contributed by atoms with E-state index < -0.39 is 5.97 Å². The minimum Gasteiger partial charge on any atom is -0.544 e. The van der Waals surface area contributed by atoms with Crippen molar-refractivity contribution in [3.05, 3.63) is 40.4 Å². The third-order valence-electron chi connectivity index (χ3n) is 4.33. The van der Waals surface area contributed by atoms with Gasteiger partial charge in [0, 0.05) is 25.2 Å². The van der Waals surface area contributed by atoms with E-state index in [2.05, 4.69) is 23.0 Å². The van der Waals surface area contributed by atoms with Gasteiger partial charge < -0.3 is 14.8 Å². The van der Waals surface area contributed by atoms with Crippen LogP contribution in [0.1, 0.15) is 20.9 Å². The molecule has 1 saturated heterocycles. The van der Waals surface area contributed by atoms with Crippen LogP contribution >= 0.6 is 11.3 Å². The van der Waals surface area contributed by atoms with E-state index in [1.165, 1.54) is 16.9 Å². The van der Waals surface area contributed by atoms with Gasteiger partial charge in [-0.15, -0.1) is 11.3 Å². The fourth-order valence-electron chi connectivity index (χ4n) is 2.90. The number of hydrogen-bond donors (Lipinski definition) is 1. The molecular formula is C17H21N3O2S. The number of aromatic nitrogens is 1. The lowest BCUT2D eigenvalue weighted by Crippen LogP contribution is -3.11. The summed E-state index contributed by atoms with van der Waals surface area (Å²) in [5.41, 5.74) is 2.76. The van der Waals surface area contributed by atoms with E-state index in [1.54, 1.807) is 11.8 Å². The Balaban J connectivity index is 1.86. The normalized spacial score (nSPS) is 16.6. The molecule has 1 N–H and O–H groups in total. The van der Waals surface area contributed by atoms with E-state index in [1.807, 2.05) is 18.2 Å². The number of aromatic carboxylic acids is 1. The van der Waals surface area contributed by atoms with Crippen LogP contribution in [0.25, 0.3) is 10.6 Å². The summed E-state index contributed by atoms with van der Waals surface area (Å²) in [6.07, 6.45) is 0. The summed E-state index contributed by atoms with van der Waals surface area (Å²) in [7, 11) is 2.23. The Morgan fingerprint density at radius 3 is 2.70 bits per heavy atom. The van der Waals surface area contributed by atoms with Gasteiger partial charge >= 0.3 is 0 Å². The summed E-state index contributed by atoms with van der Waals surface area (Å²) >= 11 is 1.20. The number of carboxylic acids is 1. The van der Waals surface area contributed by atoms with Crippen molar-refractivity contribution in [2.24, 2.45) is 0 Å². The molecule has 122 valence electrons. The van der Waals surface area contributed by atoms with Gasteiger partial charge in [-0.05, 0) is 12.5 Å². The highest BCUT2D eigenvalue weighted by atomic mass is 32.1. The molecule has 0 atom stereocenters. The van der Waals surface area contributed by atoms with Crippen molar-refractivity contribution in [2.45, 2.75) is 13.5 Å². The molecule has 1 aromatic carbocycles. The van der Waals surface area contributed by atoms with E-state index >= 15 is 0 Å². The summed E-state index contributed by atoms with van der Waals surface area (Å²) in [5.74, 6) is -1.15. The monoisotopic (exact) mass is 331 g/mol. The molecule has 0 unspecified atom stereocenters. The molecule has 1 aliphatic heterocycles. The zero-order valence-electron chi connectivity index (χ0n) is 13.5. The number of quaternary nitrogens is 1. The van der Waals surface area contributed by atoms with E-state index in [-0.39, 0.29) is 4.88 Å². The van der Waals surface area contributed by atoms with Crippen LogP contribution in [0, 0.1) is 6.92 Å². The Morgan fingerprint density at radius 1 is 1.35 bits per heavy atom. The molecule has 1 fully saturated rings. The predicted octanol–water partition coefficient (Wildman–Crippen LogP) is -0.188. The molecular weight excluding hydrogens is 310 g/mol. The van der Waals surface area contributed by atoms with Crippen molar-refractivity contribution in [1.29, 1.82) is 0 Å². The first kappa shape index (κ1) is 16.1. The average Bonchev–Trinajstić information content (AvgIpc) is 2.92. The zero-order chi connectivity index (χ0) is 16.4. The van der Waals surface area contributed by atoms with Crippen molar-refractivity contribution >= 4 is 17.3 Å². The van der Waals surface area contributed by atoms with E-state index in [9.17, 15) is 9.90 Å². The molecule has 5 nitrogen and oxygen atoms in total. The summed E-state index contributed by atoms with van der Waals surface area (Å²) < 4.78 is 0. The number of thiazole rings is 1. The first-order valence-corrected chi connectivity index (χ1v) is 8.67. The first-order valence-electron chi connectivity index (χ1n) is 7.85. The van der Waals surface area contributed by atoms with Gasteiger partial charge in [-0.3, -0.25) is 4.90 Å². The molecule has 6 heteroatoms. The van der Waals surface area contributed by atoms with Gasteiger partial charge in [0.15, 0.2) is 0 Å². The van der Waals surface area contributed by atoms with Crippen molar-refractivity contribution < 1.29 is 14.8 Å². The average molecular weight is 331 g/mol. The fraction of sp³-hybridized carbons (Fsp3) is 0.412. The molecule has 0 radical (unpaired) electrons. The summed E-state index contributed by atoms with van der Waals surface area (Å²) in [5, 5.41) is 11.9. The number of hydrogen-bond acceptors (Lipinski definition) is 5. The quantitative estimate of drug-likeness (QED) is 0.844. The number of carbonyl (C=O) groups excluding carboxylic acids is 1. The Bertz CT molecular complexity index is 706. The minimum atomic E-state index is -1.15. The van der Waals surface area contributed by atoms with Gasteiger partial charge in [-0.2, -0.15) is 0 Å². The molecule has 2 aromatic rings. The van der Waals surface area contributed by atoms with E-state index in [4.69, 9.17) is 0 Å². The lowest BCUT2D eigenvalue weighted by molar-refractivity contribution is -0.884. The fourth-order valence-corrected chi connectivity index (χ4v) is 3.86. The van der Waals surface area contributed by atoms with Gasteiger partial charge in [0.25, 0.3) is 0 Å². The highest BCUT2D eigenvalue weighted by Crippen LogP contribution is 2.30. The summed E-state index contributed by atoms with van der Waals surface area (Å²) in [4.78, 5) is 19.8. The Hall–Kier alpha value is -1.76. The molecule has 1 aromatic heterocycles. The maximum atomic E-state index is 11.1. The van der Waals surface area contributed by atoms with E-state index in [0.29, 0.717) is 5.69 Å². The van der Waals surface area contributed by atoms with Crippen LogP contribution < -0.4 is 10.0 Å². The highest BCUT2D eigenvalue weighted by molar-refractivity contribution is 7.17. The standard InChI is InChI=1S/C17H21N3O2S/c1-12-15(17(21)22)23-16(18-12)14-6-4-3-5-13(14)11-20-9-7-19(2)8-10-20/h3-6H,7-11H2,1-2H3,(H,21,22). The van der Waals surface area contributed by atoms with Gasteiger partial charge in [-0.25, -0.2) is 4.98 Å². The smallest absolute Gasteiger partial charge is 0.124 e. The van der Waals surface area contributed by atoms with Crippen LogP contribution in [0.3, 0.4) is 0 Å². The number of likely N-dealkylation sites (N-methyl/N-ethyl adjacent to an activating group) is 1. The molecule has 3 rings (SSSR count). The van der Waals surface area contributed by atoms with Gasteiger partial charge in [-0.1, -0.05) is 24.3 Å². The predicted molar refractivity (Wildman–Crippen MR) is 88.5 cm³/mol. The summed E-state index contributed by atoms with van der Waals surface area (Å²) in [6.45, 7) is 7.09. The van der Waals surface area contributed by atoms with Crippen LogP contribution in [-0.4, -0.2) is 49.1 Å². The van der Waals surface area contributed by atoms with Crippen LogP contribution in [0.4, 0.5) is 0 Å². The van der Waals surface area contributed by atoms with Crippen molar-refractivity contribution in [1.82, 2.24) is 9.88 Å². The molecule has 2 heterocycles. The SMILES string of the molecule is Cc1nc(-c2ccccc2CN2CC[NH+](C)CC2)sc1C(=O)[O-]. The maximum absolute atomic E-state index is 11.1. The third-order valence-corrected chi connectivity index (χ3v) is 5.50. The second kappa shape index (κ2) is 6.78. The summed E-state index contributed by atoms with van der Waals surface area (Å²) in [6, 6.07) is 8.13. The molecule has 0 aliphatic carbocycles. The molecule has 0 bridgehead atoms. The second-order valence-corrected chi connectivity index (χ2v) is 7.11. The van der Waals surface area contributed by atoms with Gasteiger partial charge in [0.2, 0.25) is 0 Å². The highest BCUT2D eigenvalue weighted by Gasteiger charge is 2.19. The minimum absolute atomic E-state index is 0.220. The largest absolute Gasteiger partial charge is 0.544 e. The zero-order valence-corrected chi connectivity index (χ0v) is 14.3. The van der Waals surface area contributed by atoms with E-state index in [0.717, 1.165) is 43.3 Å². The molecule has 0 saturated carbocycles. The van der Waals surface area contributed by atoms with Crippen molar-refractivity contribution in [2.75, 3.05) is 33.2 Å². The molecule has 0 spiro atoms.